The third kappa shape index (κ3) is 1.97. The van der Waals surface area contributed by atoms with Crippen LogP contribution in [0.4, 0.5) is 0 Å². The standard InChI is InChI=1S/C24H11NO6/c25-21-18-16-12-6-2-4-9-3-1-5-10(14(9)12)11-7-8-13(22(26)27)17(15(11)16)19(23(28)29)20(18)24(30)31-21/h1-8,25H,(H,26,27)(H,28,29). The molecular formula is C24H11NO6. The summed E-state index contributed by atoms with van der Waals surface area (Å²) in [5.41, 5.74) is -2.09. The summed E-state index contributed by atoms with van der Waals surface area (Å²) in [6, 6.07) is 14.3. The number of aromatic carboxylic acids is 2. The molecule has 5 aromatic carbocycles. The highest BCUT2D eigenvalue weighted by molar-refractivity contribution is 6.41. The number of carbonyl (C=O) groups is 2. The van der Waals surface area contributed by atoms with Crippen molar-refractivity contribution in [3.8, 4) is 0 Å². The van der Waals surface area contributed by atoms with Crippen LogP contribution in [0, 0.1) is 5.41 Å². The van der Waals surface area contributed by atoms with Crippen LogP contribution in [-0.2, 0) is 0 Å². The molecule has 6 rings (SSSR count). The maximum Gasteiger partial charge on any atom is 0.346 e. The number of nitrogens with one attached hydrogen (secondary N) is 1. The van der Waals surface area contributed by atoms with Gasteiger partial charge in [-0.15, -0.1) is 0 Å². The van der Waals surface area contributed by atoms with Crippen molar-refractivity contribution >= 4 is 65.8 Å². The Balaban J connectivity index is 2.18. The highest BCUT2D eigenvalue weighted by Crippen LogP contribution is 2.44. The molecule has 0 aliphatic rings. The van der Waals surface area contributed by atoms with Gasteiger partial charge in [-0.1, -0.05) is 42.5 Å². The topological polar surface area (TPSA) is 129 Å². The number of hydrogen-bond donors (Lipinski definition) is 3. The molecule has 0 atom stereocenters. The quantitative estimate of drug-likeness (QED) is 0.291. The number of carboxylic acid groups (broad SMARTS) is 2. The molecule has 0 bridgehead atoms. The summed E-state index contributed by atoms with van der Waals surface area (Å²) in [5.74, 6) is -2.76. The molecule has 3 N–H and O–H groups in total. The second kappa shape index (κ2) is 5.54. The van der Waals surface area contributed by atoms with E-state index in [1.54, 1.807) is 6.07 Å². The summed E-state index contributed by atoms with van der Waals surface area (Å²) >= 11 is 0. The maximum atomic E-state index is 12.6. The Labute approximate surface area is 171 Å². The predicted octanol–water partition coefficient (Wildman–Crippen LogP) is 4.16. The van der Waals surface area contributed by atoms with Crippen molar-refractivity contribution in [3.63, 3.8) is 0 Å². The average molecular weight is 409 g/mol. The number of furan rings is 1. The lowest BCUT2D eigenvalue weighted by atomic mass is 9.84. The molecule has 0 amide bonds. The van der Waals surface area contributed by atoms with Gasteiger partial charge in [0.2, 0.25) is 5.55 Å². The van der Waals surface area contributed by atoms with Gasteiger partial charge in [-0.05, 0) is 38.4 Å². The minimum Gasteiger partial charge on any atom is -0.478 e. The zero-order valence-electron chi connectivity index (χ0n) is 15.6. The number of fused-ring (bicyclic) bond motifs is 4. The third-order valence-corrected chi connectivity index (χ3v) is 5.99. The fraction of sp³-hybridized carbons (Fsp3) is 0. The molecule has 0 aliphatic carbocycles. The molecule has 7 nitrogen and oxygen atoms in total. The molecule has 1 heterocycles. The molecule has 31 heavy (non-hydrogen) atoms. The van der Waals surface area contributed by atoms with E-state index in [4.69, 9.17) is 9.83 Å². The van der Waals surface area contributed by atoms with Crippen LogP contribution < -0.4 is 11.2 Å². The molecular weight excluding hydrogens is 398 g/mol. The lowest BCUT2D eigenvalue weighted by Gasteiger charge is -2.17. The van der Waals surface area contributed by atoms with Gasteiger partial charge in [-0.3, -0.25) is 5.41 Å². The van der Waals surface area contributed by atoms with Crippen molar-refractivity contribution in [1.29, 1.82) is 5.41 Å². The summed E-state index contributed by atoms with van der Waals surface area (Å²) < 4.78 is 5.02. The van der Waals surface area contributed by atoms with Crippen molar-refractivity contribution in [2.24, 2.45) is 0 Å². The molecule has 0 aliphatic heterocycles. The summed E-state index contributed by atoms with van der Waals surface area (Å²) in [6.45, 7) is 0. The smallest absolute Gasteiger partial charge is 0.346 e. The SMILES string of the molecule is N=c1oc(=O)c2c(C(=O)O)c3c(C(=O)O)ccc4c5cccc6cccc(c65)c(c12)c34. The zero-order valence-corrected chi connectivity index (χ0v) is 15.6. The molecule has 0 saturated carbocycles. The zero-order chi connectivity index (χ0) is 21.6. The van der Waals surface area contributed by atoms with Crippen molar-refractivity contribution in [3.05, 3.63) is 75.6 Å². The molecule has 6 aromatic rings. The van der Waals surface area contributed by atoms with Crippen LogP contribution in [0.5, 0.6) is 0 Å². The van der Waals surface area contributed by atoms with Crippen molar-refractivity contribution in [2.75, 3.05) is 0 Å². The minimum atomic E-state index is -1.45. The summed E-state index contributed by atoms with van der Waals surface area (Å²) in [5, 5.41) is 32.7. The van der Waals surface area contributed by atoms with Gasteiger partial charge >= 0.3 is 17.6 Å². The number of carboxylic acids is 2. The Hall–Kier alpha value is -4.52. The van der Waals surface area contributed by atoms with Gasteiger partial charge in [0.05, 0.1) is 21.9 Å². The second-order valence-corrected chi connectivity index (χ2v) is 7.45. The van der Waals surface area contributed by atoms with Gasteiger partial charge in [0, 0.05) is 10.8 Å². The second-order valence-electron chi connectivity index (χ2n) is 7.45. The number of rotatable bonds is 2. The van der Waals surface area contributed by atoms with E-state index in [0.29, 0.717) is 21.5 Å². The van der Waals surface area contributed by atoms with Gasteiger partial charge in [0.1, 0.15) is 0 Å². The predicted molar refractivity (Wildman–Crippen MR) is 115 cm³/mol. The van der Waals surface area contributed by atoms with E-state index in [2.05, 4.69) is 0 Å². The van der Waals surface area contributed by atoms with E-state index < -0.39 is 28.7 Å². The highest BCUT2D eigenvalue weighted by atomic mass is 16.4. The fourth-order valence-corrected chi connectivity index (χ4v) is 4.91. The highest BCUT2D eigenvalue weighted by Gasteiger charge is 2.29. The molecule has 0 saturated heterocycles. The Morgan fingerprint density at radius 1 is 0.710 bits per heavy atom. The molecule has 0 radical (unpaired) electrons. The summed E-state index contributed by atoms with van der Waals surface area (Å²) in [6.07, 6.45) is 0. The fourth-order valence-electron chi connectivity index (χ4n) is 4.91. The molecule has 0 fully saturated rings. The van der Waals surface area contributed by atoms with Crippen LogP contribution in [0.25, 0.3) is 53.9 Å². The Morgan fingerprint density at radius 2 is 1.35 bits per heavy atom. The molecule has 7 heteroatoms. The van der Waals surface area contributed by atoms with Gasteiger partial charge in [0.15, 0.2) is 0 Å². The van der Waals surface area contributed by atoms with E-state index in [0.717, 1.165) is 16.2 Å². The van der Waals surface area contributed by atoms with E-state index >= 15 is 0 Å². The maximum absolute atomic E-state index is 12.6. The van der Waals surface area contributed by atoms with Crippen molar-refractivity contribution in [1.82, 2.24) is 0 Å². The molecule has 0 unspecified atom stereocenters. The van der Waals surface area contributed by atoms with Crippen LogP contribution in [0.1, 0.15) is 20.7 Å². The van der Waals surface area contributed by atoms with Crippen LogP contribution in [-0.4, -0.2) is 22.2 Å². The van der Waals surface area contributed by atoms with E-state index in [1.807, 2.05) is 36.4 Å². The lowest BCUT2D eigenvalue weighted by Crippen LogP contribution is -2.09. The first-order valence-corrected chi connectivity index (χ1v) is 9.37. The van der Waals surface area contributed by atoms with Gasteiger partial charge in [-0.25, -0.2) is 14.4 Å². The molecule has 148 valence electrons. The molecule has 1 aromatic heterocycles. The van der Waals surface area contributed by atoms with Gasteiger partial charge in [-0.2, -0.15) is 0 Å². The van der Waals surface area contributed by atoms with E-state index in [9.17, 15) is 24.6 Å². The van der Waals surface area contributed by atoms with Crippen molar-refractivity contribution < 1.29 is 24.2 Å². The van der Waals surface area contributed by atoms with Crippen molar-refractivity contribution in [2.45, 2.75) is 0 Å². The Bertz CT molecular complexity index is 1880. The Morgan fingerprint density at radius 3 is 2.03 bits per heavy atom. The first kappa shape index (κ1) is 17.3. The van der Waals surface area contributed by atoms with Gasteiger partial charge in [0.25, 0.3) is 0 Å². The number of hydrogen-bond acceptors (Lipinski definition) is 5. The monoisotopic (exact) mass is 409 g/mol. The van der Waals surface area contributed by atoms with Crippen LogP contribution in [0.15, 0.2) is 57.7 Å². The van der Waals surface area contributed by atoms with Crippen LogP contribution in [0.2, 0.25) is 0 Å². The lowest BCUT2D eigenvalue weighted by molar-refractivity contribution is 0.0696. The average Bonchev–Trinajstić information content (AvgIpc) is 3.04. The summed E-state index contributed by atoms with van der Waals surface area (Å²) in [4.78, 5) is 37.0. The van der Waals surface area contributed by atoms with Gasteiger partial charge < -0.3 is 14.6 Å². The number of benzene rings is 5. The molecule has 0 spiro atoms. The minimum absolute atomic E-state index is 0.0376. The first-order valence-electron chi connectivity index (χ1n) is 9.37. The Kier molecular flexibility index (Phi) is 3.10. The largest absolute Gasteiger partial charge is 0.478 e. The first-order chi connectivity index (χ1) is 14.9. The van der Waals surface area contributed by atoms with Crippen LogP contribution >= 0.6 is 0 Å². The summed E-state index contributed by atoms with van der Waals surface area (Å²) in [7, 11) is 0. The van der Waals surface area contributed by atoms with E-state index in [1.165, 1.54) is 6.07 Å². The van der Waals surface area contributed by atoms with E-state index in [-0.39, 0.29) is 21.7 Å². The normalized spacial score (nSPS) is 12.0. The van der Waals surface area contributed by atoms with Crippen LogP contribution in [0.3, 0.4) is 0 Å². The third-order valence-electron chi connectivity index (χ3n) is 5.99.